The Bertz CT molecular complexity index is 737. The molecule has 0 spiro atoms. The van der Waals surface area contributed by atoms with Crippen molar-refractivity contribution in [3.8, 4) is 10.6 Å². The number of thiazole rings is 1. The lowest BCUT2D eigenvalue weighted by atomic mass is 9.93. The third-order valence-corrected chi connectivity index (χ3v) is 6.80. The lowest BCUT2D eigenvalue weighted by Crippen LogP contribution is -2.26. The molecule has 0 aliphatic heterocycles. The van der Waals surface area contributed by atoms with Gasteiger partial charge in [-0.05, 0) is 12.0 Å². The topological polar surface area (TPSA) is 59.1 Å². The SMILES string of the molecule is CC(C)CNS(=O)(=O)c1cc(-c2nc(C(C)(C)C)cs2)cs1. The van der Waals surface area contributed by atoms with Crippen LogP contribution < -0.4 is 4.72 Å². The standard InChI is InChI=1S/C15H22N2O2S3/c1-10(2)7-16-22(18,19)13-6-11(8-20-13)14-17-12(9-21-14)15(3,4)5/h6,8-10,16H,7H2,1-5H3. The van der Waals surface area contributed by atoms with Crippen molar-refractivity contribution in [1.29, 1.82) is 0 Å². The molecule has 0 amide bonds. The van der Waals surface area contributed by atoms with Crippen LogP contribution in [0.3, 0.4) is 0 Å². The number of sulfonamides is 1. The molecule has 7 heteroatoms. The van der Waals surface area contributed by atoms with E-state index in [1.165, 1.54) is 11.3 Å². The van der Waals surface area contributed by atoms with Gasteiger partial charge in [0.15, 0.2) is 0 Å². The van der Waals surface area contributed by atoms with Crippen LogP contribution in [0.5, 0.6) is 0 Å². The van der Waals surface area contributed by atoms with Gasteiger partial charge >= 0.3 is 0 Å². The van der Waals surface area contributed by atoms with Crippen molar-refractivity contribution in [1.82, 2.24) is 9.71 Å². The first-order valence-electron chi connectivity index (χ1n) is 7.14. The minimum absolute atomic E-state index is 0.00149. The van der Waals surface area contributed by atoms with Gasteiger partial charge in [0.25, 0.3) is 0 Å². The van der Waals surface area contributed by atoms with Crippen LogP contribution in [0.2, 0.25) is 0 Å². The van der Waals surface area contributed by atoms with E-state index in [4.69, 9.17) is 0 Å². The first-order valence-corrected chi connectivity index (χ1v) is 10.4. The van der Waals surface area contributed by atoms with E-state index in [0.717, 1.165) is 16.3 Å². The van der Waals surface area contributed by atoms with E-state index in [0.29, 0.717) is 10.8 Å². The maximum Gasteiger partial charge on any atom is 0.250 e. The Morgan fingerprint density at radius 3 is 2.45 bits per heavy atom. The molecule has 0 fully saturated rings. The van der Waals surface area contributed by atoms with Crippen LogP contribution >= 0.6 is 22.7 Å². The Balaban J connectivity index is 2.23. The molecule has 0 aliphatic rings. The van der Waals surface area contributed by atoms with Gasteiger partial charge in [0.2, 0.25) is 10.0 Å². The fraction of sp³-hybridized carbons (Fsp3) is 0.533. The molecule has 0 aliphatic carbocycles. The van der Waals surface area contributed by atoms with Gasteiger partial charge in [-0.15, -0.1) is 22.7 Å². The smallest absolute Gasteiger partial charge is 0.241 e. The Hall–Kier alpha value is -0.760. The van der Waals surface area contributed by atoms with E-state index >= 15 is 0 Å². The third-order valence-electron chi connectivity index (χ3n) is 3.04. The summed E-state index contributed by atoms with van der Waals surface area (Å²) in [6.07, 6.45) is 0. The molecule has 1 N–H and O–H groups in total. The summed E-state index contributed by atoms with van der Waals surface area (Å²) < 4.78 is 27.4. The van der Waals surface area contributed by atoms with Crippen molar-refractivity contribution < 1.29 is 8.42 Å². The van der Waals surface area contributed by atoms with Crippen LogP contribution in [0.15, 0.2) is 21.0 Å². The summed E-state index contributed by atoms with van der Waals surface area (Å²) in [6.45, 7) is 10.8. The maximum absolute atomic E-state index is 12.2. The van der Waals surface area contributed by atoms with Crippen molar-refractivity contribution in [3.05, 3.63) is 22.5 Å². The average molecular weight is 359 g/mol. The van der Waals surface area contributed by atoms with Gasteiger partial charge < -0.3 is 0 Å². The van der Waals surface area contributed by atoms with Crippen molar-refractivity contribution in [2.24, 2.45) is 5.92 Å². The molecule has 2 rings (SSSR count). The van der Waals surface area contributed by atoms with E-state index in [-0.39, 0.29) is 11.3 Å². The van der Waals surface area contributed by atoms with Crippen LogP contribution in [0, 0.1) is 5.92 Å². The number of nitrogens with one attached hydrogen (secondary N) is 1. The predicted octanol–water partition coefficient (Wildman–Crippen LogP) is 4.10. The minimum Gasteiger partial charge on any atom is -0.241 e. The second-order valence-corrected chi connectivity index (χ2v) is 10.5. The summed E-state index contributed by atoms with van der Waals surface area (Å²) in [5.74, 6) is 0.280. The van der Waals surface area contributed by atoms with Gasteiger partial charge in [0.1, 0.15) is 9.22 Å². The summed E-state index contributed by atoms with van der Waals surface area (Å²) >= 11 is 2.79. The molecule has 4 nitrogen and oxygen atoms in total. The number of hydrogen-bond acceptors (Lipinski definition) is 5. The fourth-order valence-corrected chi connectivity index (χ4v) is 5.20. The molecule has 2 aromatic heterocycles. The molecule has 2 aromatic rings. The normalized spacial score (nSPS) is 13.0. The summed E-state index contributed by atoms with van der Waals surface area (Å²) in [5, 5.41) is 4.76. The monoisotopic (exact) mass is 358 g/mol. The van der Waals surface area contributed by atoms with E-state index in [1.807, 2.05) is 24.6 Å². The molecule has 0 saturated heterocycles. The highest BCUT2D eigenvalue weighted by Crippen LogP contribution is 2.33. The molecule has 22 heavy (non-hydrogen) atoms. The number of rotatable bonds is 5. The molecular formula is C15H22N2O2S3. The van der Waals surface area contributed by atoms with Crippen molar-refractivity contribution in [3.63, 3.8) is 0 Å². The first kappa shape index (κ1) is 17.6. The molecule has 0 aromatic carbocycles. The summed E-state index contributed by atoms with van der Waals surface area (Å²) in [5.41, 5.74) is 1.90. The van der Waals surface area contributed by atoms with Crippen LogP contribution in [-0.2, 0) is 15.4 Å². The highest BCUT2D eigenvalue weighted by molar-refractivity contribution is 7.91. The zero-order valence-electron chi connectivity index (χ0n) is 13.5. The molecule has 0 bridgehead atoms. The van der Waals surface area contributed by atoms with Crippen molar-refractivity contribution >= 4 is 32.7 Å². The number of hydrogen-bond donors (Lipinski definition) is 1. The Kier molecular flexibility index (Phi) is 5.11. The molecule has 2 heterocycles. The van der Waals surface area contributed by atoms with Gasteiger partial charge in [0.05, 0.1) is 5.69 Å². The molecular weight excluding hydrogens is 336 g/mol. The summed E-state index contributed by atoms with van der Waals surface area (Å²) in [6, 6.07) is 1.71. The third kappa shape index (κ3) is 4.16. The van der Waals surface area contributed by atoms with Gasteiger partial charge in [0, 0.05) is 28.3 Å². The lowest BCUT2D eigenvalue weighted by molar-refractivity contribution is 0.562. The minimum atomic E-state index is -3.42. The predicted molar refractivity (Wildman–Crippen MR) is 94.2 cm³/mol. The molecule has 0 saturated carbocycles. The summed E-state index contributed by atoms with van der Waals surface area (Å²) in [7, 11) is -3.42. The van der Waals surface area contributed by atoms with E-state index in [9.17, 15) is 8.42 Å². The lowest BCUT2D eigenvalue weighted by Gasteiger charge is -2.14. The van der Waals surface area contributed by atoms with Crippen LogP contribution in [-0.4, -0.2) is 19.9 Å². The molecule has 122 valence electrons. The second kappa shape index (κ2) is 6.39. The quantitative estimate of drug-likeness (QED) is 0.875. The zero-order valence-corrected chi connectivity index (χ0v) is 16.0. The van der Waals surface area contributed by atoms with E-state index in [1.54, 1.807) is 17.4 Å². The highest BCUT2D eigenvalue weighted by atomic mass is 32.2. The second-order valence-electron chi connectivity index (χ2n) is 6.69. The number of aromatic nitrogens is 1. The number of nitrogens with zero attached hydrogens (tertiary/aromatic N) is 1. The highest BCUT2D eigenvalue weighted by Gasteiger charge is 2.21. The van der Waals surface area contributed by atoms with E-state index < -0.39 is 10.0 Å². The fourth-order valence-electron chi connectivity index (χ4n) is 1.67. The largest absolute Gasteiger partial charge is 0.250 e. The average Bonchev–Trinajstić information content (AvgIpc) is 3.04. The van der Waals surface area contributed by atoms with Crippen molar-refractivity contribution in [2.45, 2.75) is 44.2 Å². The first-order chi connectivity index (χ1) is 10.1. The van der Waals surface area contributed by atoms with Gasteiger partial charge in [-0.3, -0.25) is 0 Å². The molecule has 0 unspecified atom stereocenters. The summed E-state index contributed by atoms with van der Waals surface area (Å²) in [4.78, 5) is 4.63. The van der Waals surface area contributed by atoms with Gasteiger partial charge in [-0.2, -0.15) is 0 Å². The Labute approximate surface area is 140 Å². The van der Waals surface area contributed by atoms with Crippen LogP contribution in [0.25, 0.3) is 10.6 Å². The molecule has 0 atom stereocenters. The van der Waals surface area contributed by atoms with Gasteiger partial charge in [-0.25, -0.2) is 18.1 Å². The van der Waals surface area contributed by atoms with Crippen molar-refractivity contribution in [2.75, 3.05) is 6.54 Å². The zero-order chi connectivity index (χ0) is 16.5. The number of thiophene rings is 1. The Morgan fingerprint density at radius 1 is 1.23 bits per heavy atom. The maximum atomic E-state index is 12.2. The van der Waals surface area contributed by atoms with Crippen LogP contribution in [0.4, 0.5) is 0 Å². The van der Waals surface area contributed by atoms with Gasteiger partial charge in [-0.1, -0.05) is 34.6 Å². The molecule has 0 radical (unpaired) electrons. The van der Waals surface area contributed by atoms with Crippen LogP contribution in [0.1, 0.15) is 40.3 Å². The Morgan fingerprint density at radius 2 is 1.91 bits per heavy atom. The van der Waals surface area contributed by atoms with E-state index in [2.05, 4.69) is 30.5 Å².